The molecule has 88 valence electrons. The van der Waals surface area contributed by atoms with E-state index in [0.29, 0.717) is 12.6 Å². The first kappa shape index (κ1) is 12.5. The third-order valence-electron chi connectivity index (χ3n) is 2.70. The van der Waals surface area contributed by atoms with Gasteiger partial charge in [-0.05, 0) is 32.1 Å². The fraction of sp³-hybridized carbons (Fsp3) is 0.909. The van der Waals surface area contributed by atoms with Crippen LogP contribution in [0.1, 0.15) is 32.1 Å². The number of hydrogen-bond donors (Lipinski definition) is 2. The van der Waals surface area contributed by atoms with Crippen molar-refractivity contribution in [2.75, 3.05) is 26.7 Å². The van der Waals surface area contributed by atoms with Crippen LogP contribution in [-0.2, 0) is 4.79 Å². The summed E-state index contributed by atoms with van der Waals surface area (Å²) in [5, 5.41) is 11.8. The number of aliphatic hydroxyl groups is 1. The summed E-state index contributed by atoms with van der Waals surface area (Å²) in [6, 6.07) is 0.594. The maximum Gasteiger partial charge on any atom is 0.236 e. The molecule has 0 bridgehead atoms. The van der Waals surface area contributed by atoms with Crippen LogP contribution in [0.25, 0.3) is 0 Å². The molecule has 0 aromatic heterocycles. The Morgan fingerprint density at radius 1 is 1.40 bits per heavy atom. The van der Waals surface area contributed by atoms with Crippen LogP contribution < -0.4 is 5.32 Å². The summed E-state index contributed by atoms with van der Waals surface area (Å²) < 4.78 is 0. The van der Waals surface area contributed by atoms with Gasteiger partial charge in [0, 0.05) is 26.2 Å². The lowest BCUT2D eigenvalue weighted by molar-refractivity contribution is -0.129. The lowest BCUT2D eigenvalue weighted by Gasteiger charge is -2.17. The Kier molecular flexibility index (Phi) is 5.65. The molecule has 2 N–H and O–H groups in total. The summed E-state index contributed by atoms with van der Waals surface area (Å²) in [6.07, 6.45) is 5.24. The molecule has 1 amide bonds. The Morgan fingerprint density at radius 3 is 2.73 bits per heavy atom. The van der Waals surface area contributed by atoms with Crippen LogP contribution in [0, 0.1) is 0 Å². The fourth-order valence-electron chi connectivity index (χ4n) is 1.42. The molecular formula is C11H22N2O2. The van der Waals surface area contributed by atoms with Gasteiger partial charge in [-0.25, -0.2) is 0 Å². The van der Waals surface area contributed by atoms with Crippen molar-refractivity contribution in [1.29, 1.82) is 0 Å². The summed E-state index contributed by atoms with van der Waals surface area (Å²) in [4.78, 5) is 13.3. The molecule has 0 saturated heterocycles. The predicted molar refractivity (Wildman–Crippen MR) is 59.6 cm³/mol. The number of carbonyl (C=O) groups excluding carboxylic acids is 1. The topological polar surface area (TPSA) is 52.6 Å². The Morgan fingerprint density at radius 2 is 2.13 bits per heavy atom. The largest absolute Gasteiger partial charge is 0.396 e. The zero-order chi connectivity index (χ0) is 11.1. The van der Waals surface area contributed by atoms with Crippen LogP contribution in [0.4, 0.5) is 0 Å². The molecule has 1 fully saturated rings. The van der Waals surface area contributed by atoms with E-state index in [9.17, 15) is 4.79 Å². The van der Waals surface area contributed by atoms with Crippen LogP contribution >= 0.6 is 0 Å². The molecule has 0 aliphatic heterocycles. The molecule has 0 aromatic rings. The van der Waals surface area contributed by atoms with E-state index in [1.165, 1.54) is 12.8 Å². The van der Waals surface area contributed by atoms with Gasteiger partial charge in [0.05, 0.1) is 6.54 Å². The second kappa shape index (κ2) is 6.80. The second-order valence-corrected chi connectivity index (χ2v) is 4.25. The van der Waals surface area contributed by atoms with Crippen LogP contribution in [-0.4, -0.2) is 48.7 Å². The van der Waals surface area contributed by atoms with Gasteiger partial charge in [0.25, 0.3) is 0 Å². The predicted octanol–water partition coefficient (Wildman–Crippen LogP) is 0.359. The third kappa shape index (κ3) is 5.74. The summed E-state index contributed by atoms with van der Waals surface area (Å²) >= 11 is 0. The van der Waals surface area contributed by atoms with Gasteiger partial charge in [0.15, 0.2) is 0 Å². The molecule has 4 nitrogen and oxygen atoms in total. The standard InChI is InChI=1S/C11H22N2O2/c1-13(7-3-2-4-8-14)11(15)9-12-10-5-6-10/h10,12,14H,2-9H2,1H3. The zero-order valence-corrected chi connectivity index (χ0v) is 9.54. The molecular weight excluding hydrogens is 192 g/mol. The van der Waals surface area contributed by atoms with Gasteiger partial charge in [-0.1, -0.05) is 0 Å². The minimum absolute atomic E-state index is 0.172. The van der Waals surface area contributed by atoms with E-state index < -0.39 is 0 Å². The van der Waals surface area contributed by atoms with Crippen molar-refractivity contribution >= 4 is 5.91 Å². The first-order valence-corrected chi connectivity index (χ1v) is 5.82. The van der Waals surface area contributed by atoms with Crippen LogP contribution in [0.5, 0.6) is 0 Å². The minimum Gasteiger partial charge on any atom is -0.396 e. The van der Waals surface area contributed by atoms with Crippen molar-refractivity contribution in [3.63, 3.8) is 0 Å². The Bertz CT molecular complexity index is 193. The number of nitrogens with zero attached hydrogens (tertiary/aromatic N) is 1. The average molecular weight is 214 g/mol. The van der Waals surface area contributed by atoms with E-state index in [2.05, 4.69) is 5.32 Å². The van der Waals surface area contributed by atoms with Crippen molar-refractivity contribution in [1.82, 2.24) is 10.2 Å². The second-order valence-electron chi connectivity index (χ2n) is 4.25. The SMILES string of the molecule is CN(CCCCCO)C(=O)CNC1CC1. The molecule has 0 spiro atoms. The minimum atomic E-state index is 0.172. The first-order chi connectivity index (χ1) is 7.24. The first-order valence-electron chi connectivity index (χ1n) is 5.82. The highest BCUT2D eigenvalue weighted by Crippen LogP contribution is 2.18. The van der Waals surface area contributed by atoms with Crippen molar-refractivity contribution in [3.8, 4) is 0 Å². The summed E-state index contributed by atoms with van der Waals surface area (Å²) in [6.45, 7) is 1.52. The molecule has 0 atom stereocenters. The smallest absolute Gasteiger partial charge is 0.236 e. The van der Waals surface area contributed by atoms with E-state index in [1.807, 2.05) is 7.05 Å². The molecule has 1 aliphatic carbocycles. The van der Waals surface area contributed by atoms with E-state index in [4.69, 9.17) is 5.11 Å². The van der Waals surface area contributed by atoms with E-state index >= 15 is 0 Å². The molecule has 0 aromatic carbocycles. The molecule has 15 heavy (non-hydrogen) atoms. The molecule has 1 saturated carbocycles. The lowest BCUT2D eigenvalue weighted by Crippen LogP contribution is -2.36. The van der Waals surface area contributed by atoms with E-state index in [1.54, 1.807) is 4.90 Å². The van der Waals surface area contributed by atoms with Gasteiger partial charge >= 0.3 is 0 Å². The van der Waals surface area contributed by atoms with Gasteiger partial charge < -0.3 is 15.3 Å². The zero-order valence-electron chi connectivity index (χ0n) is 9.54. The van der Waals surface area contributed by atoms with Crippen LogP contribution in [0.3, 0.4) is 0 Å². The number of aliphatic hydroxyl groups excluding tert-OH is 1. The third-order valence-corrected chi connectivity index (χ3v) is 2.70. The number of amides is 1. The van der Waals surface area contributed by atoms with E-state index in [0.717, 1.165) is 25.8 Å². The fourth-order valence-corrected chi connectivity index (χ4v) is 1.42. The number of unbranched alkanes of at least 4 members (excludes halogenated alkanes) is 2. The van der Waals surface area contributed by atoms with E-state index in [-0.39, 0.29) is 12.5 Å². The lowest BCUT2D eigenvalue weighted by atomic mass is 10.2. The van der Waals surface area contributed by atoms with Gasteiger partial charge in [0.2, 0.25) is 5.91 Å². The van der Waals surface area contributed by atoms with Gasteiger partial charge in [-0.2, -0.15) is 0 Å². The number of hydrogen-bond acceptors (Lipinski definition) is 3. The highest BCUT2D eigenvalue weighted by Gasteiger charge is 2.21. The highest BCUT2D eigenvalue weighted by atomic mass is 16.2. The van der Waals surface area contributed by atoms with Gasteiger partial charge in [-0.3, -0.25) is 4.79 Å². The highest BCUT2D eigenvalue weighted by molar-refractivity contribution is 5.78. The van der Waals surface area contributed by atoms with Gasteiger partial charge in [-0.15, -0.1) is 0 Å². The Hall–Kier alpha value is -0.610. The van der Waals surface area contributed by atoms with Gasteiger partial charge in [0.1, 0.15) is 0 Å². The number of rotatable bonds is 8. The molecule has 0 unspecified atom stereocenters. The Balaban J connectivity index is 1.98. The Labute approximate surface area is 91.6 Å². The quantitative estimate of drug-likeness (QED) is 0.574. The van der Waals surface area contributed by atoms with Crippen LogP contribution in [0.2, 0.25) is 0 Å². The molecule has 0 heterocycles. The molecule has 1 rings (SSSR count). The number of likely N-dealkylation sites (N-methyl/N-ethyl adjacent to an activating group) is 1. The number of carbonyl (C=O) groups is 1. The van der Waals surface area contributed by atoms with Crippen molar-refractivity contribution in [2.45, 2.75) is 38.1 Å². The monoisotopic (exact) mass is 214 g/mol. The summed E-state index contributed by atoms with van der Waals surface area (Å²) in [7, 11) is 1.84. The molecule has 1 aliphatic rings. The summed E-state index contributed by atoms with van der Waals surface area (Å²) in [5.41, 5.74) is 0. The number of nitrogens with one attached hydrogen (secondary N) is 1. The molecule has 4 heteroatoms. The van der Waals surface area contributed by atoms with Crippen molar-refractivity contribution in [3.05, 3.63) is 0 Å². The normalized spacial score (nSPS) is 15.3. The summed E-state index contributed by atoms with van der Waals surface area (Å²) in [5.74, 6) is 0.172. The average Bonchev–Trinajstić information content (AvgIpc) is 3.04. The van der Waals surface area contributed by atoms with Crippen molar-refractivity contribution in [2.24, 2.45) is 0 Å². The molecule has 0 radical (unpaired) electrons. The maximum atomic E-state index is 11.6. The van der Waals surface area contributed by atoms with Crippen molar-refractivity contribution < 1.29 is 9.90 Å². The maximum absolute atomic E-state index is 11.6. The van der Waals surface area contributed by atoms with Crippen LogP contribution in [0.15, 0.2) is 0 Å².